The topological polar surface area (TPSA) is 54.5 Å². The number of hydrogen-bond acceptors (Lipinski definition) is 3. The van der Waals surface area contributed by atoms with Crippen molar-refractivity contribution in [3.05, 3.63) is 65.7 Å². The Morgan fingerprint density at radius 3 is 2.50 bits per heavy atom. The van der Waals surface area contributed by atoms with Crippen LogP contribution in [-0.4, -0.2) is 26.1 Å². The molecule has 1 aliphatic heterocycles. The summed E-state index contributed by atoms with van der Waals surface area (Å²) in [6.07, 6.45) is 0.840. The lowest BCUT2D eigenvalue weighted by molar-refractivity contribution is -0.118. The van der Waals surface area contributed by atoms with Gasteiger partial charge < -0.3 is 4.90 Å². The van der Waals surface area contributed by atoms with Gasteiger partial charge in [-0.1, -0.05) is 48.5 Å². The largest absolute Gasteiger partial charge is 0.309 e. The molecule has 0 radical (unpaired) electrons. The van der Waals surface area contributed by atoms with Gasteiger partial charge in [-0.05, 0) is 30.5 Å². The second-order valence-corrected chi connectivity index (χ2v) is 8.46. The third-order valence-electron chi connectivity index (χ3n) is 4.33. The van der Waals surface area contributed by atoms with E-state index < -0.39 is 9.84 Å². The van der Waals surface area contributed by atoms with Crippen LogP contribution < -0.4 is 4.90 Å². The molecular formula is C19H21NO3S. The van der Waals surface area contributed by atoms with Crippen LogP contribution in [0.3, 0.4) is 0 Å². The summed E-state index contributed by atoms with van der Waals surface area (Å²) in [5.41, 5.74) is 2.81. The van der Waals surface area contributed by atoms with E-state index >= 15 is 0 Å². The Balaban J connectivity index is 1.65. The molecule has 3 rings (SSSR count). The minimum absolute atomic E-state index is 0.0206. The maximum Gasteiger partial charge on any atom is 0.228 e. The van der Waals surface area contributed by atoms with Gasteiger partial charge in [0.1, 0.15) is 0 Å². The van der Waals surface area contributed by atoms with Gasteiger partial charge in [0.25, 0.3) is 0 Å². The van der Waals surface area contributed by atoms with E-state index in [-0.39, 0.29) is 29.9 Å². The molecule has 0 bridgehead atoms. The highest BCUT2D eigenvalue weighted by atomic mass is 32.2. The summed E-state index contributed by atoms with van der Waals surface area (Å²) in [4.78, 5) is 14.3. The van der Waals surface area contributed by atoms with Crippen molar-refractivity contribution in [2.75, 3.05) is 10.7 Å². The molecule has 1 heterocycles. The molecule has 126 valence electrons. The van der Waals surface area contributed by atoms with Crippen molar-refractivity contribution in [3.63, 3.8) is 0 Å². The number of rotatable bonds is 5. The maximum atomic E-state index is 12.6. The lowest BCUT2D eigenvalue weighted by Gasteiger charge is -2.22. The van der Waals surface area contributed by atoms with Gasteiger partial charge in [-0.25, -0.2) is 8.42 Å². The number of hydrogen-bond donors (Lipinski definition) is 0. The molecule has 0 aliphatic carbocycles. The number of sulfone groups is 1. The number of carbonyl (C=O) groups excluding carboxylic acids is 1. The number of amides is 1. The van der Waals surface area contributed by atoms with Crippen LogP contribution in [0.15, 0.2) is 54.6 Å². The summed E-state index contributed by atoms with van der Waals surface area (Å²) >= 11 is 0. The van der Waals surface area contributed by atoms with E-state index in [4.69, 9.17) is 0 Å². The van der Waals surface area contributed by atoms with Crippen LogP contribution in [-0.2, 0) is 26.8 Å². The van der Waals surface area contributed by atoms with Gasteiger partial charge in [0.15, 0.2) is 9.84 Å². The van der Waals surface area contributed by atoms with E-state index in [1.807, 2.05) is 49.4 Å². The normalized spacial score (nSPS) is 16.9. The van der Waals surface area contributed by atoms with E-state index in [2.05, 4.69) is 0 Å². The molecule has 1 amide bonds. The first-order valence-corrected chi connectivity index (χ1v) is 9.93. The van der Waals surface area contributed by atoms with Crippen molar-refractivity contribution in [3.8, 4) is 0 Å². The fourth-order valence-corrected chi connectivity index (χ4v) is 4.54. The Kier molecular flexibility index (Phi) is 4.71. The van der Waals surface area contributed by atoms with Crippen LogP contribution >= 0.6 is 0 Å². The molecule has 0 saturated carbocycles. The van der Waals surface area contributed by atoms with Crippen molar-refractivity contribution in [1.29, 1.82) is 0 Å². The highest BCUT2D eigenvalue weighted by Crippen LogP contribution is 2.32. The minimum atomic E-state index is -3.30. The molecule has 0 aromatic heterocycles. The van der Waals surface area contributed by atoms with Gasteiger partial charge in [0, 0.05) is 18.2 Å². The Morgan fingerprint density at radius 2 is 1.75 bits per heavy atom. The van der Waals surface area contributed by atoms with E-state index in [0.717, 1.165) is 23.2 Å². The zero-order valence-electron chi connectivity index (χ0n) is 13.7. The van der Waals surface area contributed by atoms with Crippen LogP contribution in [0.25, 0.3) is 0 Å². The third kappa shape index (κ3) is 3.67. The van der Waals surface area contributed by atoms with E-state index in [1.165, 1.54) is 0 Å². The molecule has 0 unspecified atom stereocenters. The number of nitrogens with zero attached hydrogens (tertiary/aromatic N) is 1. The van der Waals surface area contributed by atoms with Gasteiger partial charge in [0.05, 0.1) is 11.5 Å². The van der Waals surface area contributed by atoms with Gasteiger partial charge in [-0.15, -0.1) is 0 Å². The van der Waals surface area contributed by atoms with Gasteiger partial charge in [-0.3, -0.25) is 4.79 Å². The molecule has 24 heavy (non-hydrogen) atoms. The summed E-state index contributed by atoms with van der Waals surface area (Å²) in [7, 11) is -3.30. The van der Waals surface area contributed by atoms with Gasteiger partial charge in [-0.2, -0.15) is 0 Å². The molecule has 0 saturated heterocycles. The zero-order chi connectivity index (χ0) is 17.2. The molecule has 2 aromatic carbocycles. The predicted molar refractivity (Wildman–Crippen MR) is 95.6 cm³/mol. The highest BCUT2D eigenvalue weighted by Gasteiger charge is 2.30. The molecule has 4 nitrogen and oxygen atoms in total. The predicted octanol–water partition coefficient (Wildman–Crippen LogP) is 2.97. The lowest BCUT2D eigenvalue weighted by atomic mass is 10.1. The smallest absolute Gasteiger partial charge is 0.228 e. The first-order valence-electron chi connectivity index (χ1n) is 8.10. The number of benzene rings is 2. The van der Waals surface area contributed by atoms with E-state index in [1.54, 1.807) is 17.0 Å². The number of anilines is 1. The van der Waals surface area contributed by atoms with Gasteiger partial charge in [0.2, 0.25) is 5.91 Å². The number of fused-ring (bicyclic) bond motifs is 1. The second kappa shape index (κ2) is 6.77. The fourth-order valence-electron chi connectivity index (χ4n) is 3.21. The van der Waals surface area contributed by atoms with E-state index in [0.29, 0.717) is 0 Å². The van der Waals surface area contributed by atoms with Crippen molar-refractivity contribution >= 4 is 21.4 Å². The average Bonchev–Trinajstić information content (AvgIpc) is 2.89. The summed E-state index contributed by atoms with van der Waals surface area (Å²) in [6.45, 7) is 2.00. The Hall–Kier alpha value is -2.14. The Labute approximate surface area is 143 Å². The molecule has 0 N–H and O–H groups in total. The first-order chi connectivity index (χ1) is 11.5. The SMILES string of the molecule is C[C@H]1Cc2ccccc2N1C(=O)CCS(=O)(=O)Cc1ccccc1. The van der Waals surface area contributed by atoms with Crippen LogP contribution in [0.2, 0.25) is 0 Å². The molecule has 5 heteroatoms. The average molecular weight is 343 g/mol. The summed E-state index contributed by atoms with van der Waals surface area (Å²) < 4.78 is 24.6. The van der Waals surface area contributed by atoms with Crippen molar-refractivity contribution in [1.82, 2.24) is 0 Å². The number of para-hydroxylation sites is 1. The second-order valence-electron chi connectivity index (χ2n) is 6.27. The Bertz CT molecular complexity index is 831. The summed E-state index contributed by atoms with van der Waals surface area (Å²) in [6, 6.07) is 17.0. The van der Waals surface area contributed by atoms with Crippen LogP contribution in [0.4, 0.5) is 5.69 Å². The van der Waals surface area contributed by atoms with Crippen LogP contribution in [0.5, 0.6) is 0 Å². The molecular weight excluding hydrogens is 322 g/mol. The molecule has 1 atom stereocenters. The third-order valence-corrected chi connectivity index (χ3v) is 5.93. The summed E-state index contributed by atoms with van der Waals surface area (Å²) in [5.74, 6) is -0.261. The van der Waals surface area contributed by atoms with Crippen molar-refractivity contribution < 1.29 is 13.2 Å². The fraction of sp³-hybridized carbons (Fsp3) is 0.316. The molecule has 0 fully saturated rings. The van der Waals surface area contributed by atoms with Crippen LogP contribution in [0.1, 0.15) is 24.5 Å². The number of carbonyl (C=O) groups is 1. The van der Waals surface area contributed by atoms with Crippen molar-refractivity contribution in [2.24, 2.45) is 0 Å². The quantitative estimate of drug-likeness (QED) is 0.839. The monoisotopic (exact) mass is 343 g/mol. The molecule has 1 aliphatic rings. The minimum Gasteiger partial charge on any atom is -0.309 e. The standard InChI is InChI=1S/C19H21NO3S/c1-15-13-17-9-5-6-10-18(17)20(15)19(21)11-12-24(22,23)14-16-7-3-2-4-8-16/h2-10,15H,11-14H2,1H3/t15-/m0/s1. The van der Waals surface area contributed by atoms with Crippen LogP contribution in [0, 0.1) is 0 Å². The van der Waals surface area contributed by atoms with Crippen molar-refractivity contribution in [2.45, 2.75) is 31.6 Å². The lowest BCUT2D eigenvalue weighted by Crippen LogP contribution is -2.36. The highest BCUT2D eigenvalue weighted by molar-refractivity contribution is 7.90. The molecule has 0 spiro atoms. The zero-order valence-corrected chi connectivity index (χ0v) is 14.5. The Morgan fingerprint density at radius 1 is 1.08 bits per heavy atom. The maximum absolute atomic E-state index is 12.6. The van der Waals surface area contributed by atoms with E-state index in [9.17, 15) is 13.2 Å². The first kappa shape index (κ1) is 16.7. The summed E-state index contributed by atoms with van der Waals surface area (Å²) in [5, 5.41) is 0. The van der Waals surface area contributed by atoms with Gasteiger partial charge >= 0.3 is 0 Å². The molecule has 2 aromatic rings.